The van der Waals surface area contributed by atoms with Crippen molar-refractivity contribution < 1.29 is 68.7 Å². The van der Waals surface area contributed by atoms with Gasteiger partial charge in [0.15, 0.2) is 5.95 Å². The number of H-pyrrole nitrogens is 1. The quantitative estimate of drug-likeness (QED) is 0.318. The molecule has 0 bridgehead atoms. The third-order valence-electron chi connectivity index (χ3n) is 1.25. The number of aromatic nitrogens is 1. The van der Waals surface area contributed by atoms with Crippen molar-refractivity contribution in [1.82, 2.24) is 4.98 Å². The minimum atomic E-state index is -5.39. The third-order valence-corrected chi connectivity index (χ3v) is 1.25. The molecule has 1 heterocycles. The molecule has 2 nitrogen and oxygen atoms in total. The van der Waals surface area contributed by atoms with Gasteiger partial charge in [-0.3, -0.25) is 4.79 Å². The predicted molar refractivity (Wildman–Crippen MR) is 35.7 cm³/mol. The van der Waals surface area contributed by atoms with Crippen LogP contribution in [0.4, 0.5) is 17.3 Å². The molecule has 0 aliphatic heterocycles. The van der Waals surface area contributed by atoms with E-state index in [1.165, 1.54) is 4.98 Å². The summed E-state index contributed by atoms with van der Waals surface area (Å²) in [5, 5.41) is 0. The Hall–Kier alpha value is 0.371. The van der Waals surface area contributed by atoms with Gasteiger partial charge in [-0.15, -0.1) is 0 Å². The molecule has 1 N–H and O–H groups in total. The molecule has 0 unspecified atom stereocenters. The first-order valence-corrected chi connectivity index (χ1v) is 3.00. The molecule has 0 aliphatic carbocycles. The summed E-state index contributed by atoms with van der Waals surface area (Å²) in [6, 6.07) is 1.06. The van der Waals surface area contributed by atoms with Gasteiger partial charge in [-0.1, -0.05) is 11.5 Å². The summed E-state index contributed by atoms with van der Waals surface area (Å²) in [7, 11) is 0. The Morgan fingerprint density at radius 1 is 1.23 bits per heavy atom. The molecule has 1 aromatic heterocycles. The number of aromatic amines is 1. The van der Waals surface area contributed by atoms with Crippen LogP contribution in [0.1, 0.15) is 0 Å². The molecule has 0 spiro atoms. The molecule has 0 fully saturated rings. The van der Waals surface area contributed by atoms with Crippen molar-refractivity contribution in [3.05, 3.63) is 28.4 Å². The molecule has 0 radical (unpaired) electrons. The van der Waals surface area contributed by atoms with Crippen molar-refractivity contribution in [2.75, 3.05) is 0 Å². The van der Waals surface area contributed by atoms with Crippen LogP contribution >= 0.6 is 0 Å². The average molecular weight is 219 g/mol. The summed E-state index contributed by atoms with van der Waals surface area (Å²) < 4.78 is 48.0. The number of hydrogen-bond donors (Lipinski definition) is 1. The molecule has 1 rings (SSSR count). The van der Waals surface area contributed by atoms with Crippen molar-refractivity contribution in [2.24, 2.45) is 0 Å². The fraction of sp³-hybridized carbons (Fsp3) is 0. The normalized spacial score (nSPS) is 10.8. The predicted octanol–water partition coefficient (Wildman–Crippen LogP) is -2.43. The van der Waals surface area contributed by atoms with Crippen LogP contribution in [-0.4, -0.2) is 12.0 Å². The summed E-state index contributed by atoms with van der Waals surface area (Å²) in [5.74, 6) is -1.63. The first-order valence-electron chi connectivity index (χ1n) is 3.00. The Morgan fingerprint density at radius 2 is 1.77 bits per heavy atom. The maximum Gasteiger partial charge on any atom is 1.00 e. The van der Waals surface area contributed by atoms with Gasteiger partial charge in [0.1, 0.15) is 0 Å². The Morgan fingerprint density at radius 3 is 2.15 bits per heavy atom. The van der Waals surface area contributed by atoms with Gasteiger partial charge in [0.2, 0.25) is 5.56 Å². The van der Waals surface area contributed by atoms with Gasteiger partial charge in [0.25, 0.3) is 0 Å². The molecular weight excluding hydrogens is 216 g/mol. The molecule has 0 aliphatic rings. The SMILES string of the molecule is O=c1ccc([B-](F)(F)F)c(F)[nH]1.[K+]. The van der Waals surface area contributed by atoms with Crippen molar-refractivity contribution in [3.8, 4) is 0 Å². The van der Waals surface area contributed by atoms with Gasteiger partial charge in [-0.2, -0.15) is 4.39 Å². The summed E-state index contributed by atoms with van der Waals surface area (Å²) in [6.07, 6.45) is 0. The third kappa shape index (κ3) is 3.55. The number of rotatable bonds is 1. The summed E-state index contributed by atoms with van der Waals surface area (Å²) >= 11 is 0. The molecule has 0 atom stereocenters. The fourth-order valence-corrected chi connectivity index (χ4v) is 0.713. The Bertz CT molecular complexity index is 349. The largest absolute Gasteiger partial charge is 1.00 e. The molecule has 0 saturated heterocycles. The van der Waals surface area contributed by atoms with Gasteiger partial charge in [-0.05, 0) is 0 Å². The standard InChI is InChI=1S/C5H3BF4NO.K/c7-5-3(6(8,9)10)1-2-4(12)11-5;/h1-2H,(H,11,12);/q-1;+1. The van der Waals surface area contributed by atoms with Crippen molar-refractivity contribution >= 4 is 12.4 Å². The molecule has 13 heavy (non-hydrogen) atoms. The second-order valence-electron chi connectivity index (χ2n) is 2.17. The Labute approximate surface area is 113 Å². The fourth-order valence-electron chi connectivity index (χ4n) is 0.713. The topological polar surface area (TPSA) is 32.9 Å². The van der Waals surface area contributed by atoms with E-state index in [2.05, 4.69) is 0 Å². The zero-order valence-electron chi connectivity index (χ0n) is 6.65. The zero-order chi connectivity index (χ0) is 9.35. The Balaban J connectivity index is 0.00000144. The maximum absolute atomic E-state index is 12.4. The Kier molecular flexibility index (Phi) is 4.88. The monoisotopic (exact) mass is 219 g/mol. The van der Waals surface area contributed by atoms with E-state index >= 15 is 0 Å². The smallest absolute Gasteiger partial charge is 0.445 e. The first kappa shape index (κ1) is 13.4. The molecule has 0 amide bonds. The van der Waals surface area contributed by atoms with Gasteiger partial charge >= 0.3 is 58.4 Å². The number of nitrogens with one attached hydrogen (secondary N) is 1. The average Bonchev–Trinajstić information content (AvgIpc) is 1.83. The van der Waals surface area contributed by atoms with Crippen LogP contribution in [0.2, 0.25) is 0 Å². The number of hydrogen-bond acceptors (Lipinski definition) is 1. The van der Waals surface area contributed by atoms with Crippen molar-refractivity contribution in [2.45, 2.75) is 0 Å². The summed E-state index contributed by atoms with van der Waals surface area (Å²) in [5.41, 5.74) is -2.30. The first-order chi connectivity index (χ1) is 5.41. The van der Waals surface area contributed by atoms with Crippen LogP contribution in [0.3, 0.4) is 0 Å². The second kappa shape index (κ2) is 4.74. The number of pyridine rings is 1. The summed E-state index contributed by atoms with van der Waals surface area (Å²) in [4.78, 5) is 11.7. The molecule has 0 aromatic carbocycles. The maximum atomic E-state index is 12.4. The van der Waals surface area contributed by atoms with E-state index in [-0.39, 0.29) is 51.4 Å². The van der Waals surface area contributed by atoms with Crippen molar-refractivity contribution in [3.63, 3.8) is 0 Å². The molecule has 66 valence electrons. The van der Waals surface area contributed by atoms with E-state index in [1.807, 2.05) is 0 Å². The molecular formula is C5H3BF4KNO. The van der Waals surface area contributed by atoms with Gasteiger partial charge in [-0.25, -0.2) is 0 Å². The second-order valence-corrected chi connectivity index (χ2v) is 2.17. The van der Waals surface area contributed by atoms with Crippen LogP contribution in [0.25, 0.3) is 0 Å². The number of halogens is 4. The molecule has 0 saturated carbocycles. The van der Waals surface area contributed by atoms with Crippen LogP contribution in [0, 0.1) is 5.95 Å². The minimum absolute atomic E-state index is 0. The van der Waals surface area contributed by atoms with Crippen LogP contribution < -0.4 is 62.4 Å². The van der Waals surface area contributed by atoms with Crippen LogP contribution in [-0.2, 0) is 0 Å². The van der Waals surface area contributed by atoms with E-state index in [4.69, 9.17) is 0 Å². The molecule has 8 heteroatoms. The summed E-state index contributed by atoms with van der Waals surface area (Å²) in [6.45, 7) is -5.39. The van der Waals surface area contributed by atoms with E-state index < -0.39 is 23.9 Å². The zero-order valence-corrected chi connectivity index (χ0v) is 9.78. The van der Waals surface area contributed by atoms with Crippen molar-refractivity contribution in [1.29, 1.82) is 0 Å². The minimum Gasteiger partial charge on any atom is -0.445 e. The van der Waals surface area contributed by atoms with E-state index in [1.54, 1.807) is 0 Å². The van der Waals surface area contributed by atoms with E-state index in [0.717, 1.165) is 0 Å². The van der Waals surface area contributed by atoms with Crippen LogP contribution in [0.15, 0.2) is 16.9 Å². The van der Waals surface area contributed by atoms with E-state index in [9.17, 15) is 22.1 Å². The van der Waals surface area contributed by atoms with Gasteiger partial charge < -0.3 is 17.9 Å². The van der Waals surface area contributed by atoms with Gasteiger partial charge in [0, 0.05) is 6.07 Å². The van der Waals surface area contributed by atoms with Gasteiger partial charge in [0.05, 0.1) is 0 Å². The van der Waals surface area contributed by atoms with Crippen LogP contribution in [0.5, 0.6) is 0 Å². The molecule has 1 aromatic rings. The van der Waals surface area contributed by atoms with E-state index in [0.29, 0.717) is 12.1 Å².